The molecule has 35 heavy (non-hydrogen) atoms. The lowest BCUT2D eigenvalue weighted by atomic mass is 9.90. The quantitative estimate of drug-likeness (QED) is 0.589. The van der Waals surface area contributed by atoms with Crippen LogP contribution in [0, 0.1) is 0 Å². The van der Waals surface area contributed by atoms with Gasteiger partial charge in [-0.15, -0.1) is 0 Å². The van der Waals surface area contributed by atoms with Gasteiger partial charge in [0, 0.05) is 68.3 Å². The van der Waals surface area contributed by atoms with Crippen LogP contribution < -0.4 is 0 Å². The van der Waals surface area contributed by atoms with E-state index in [0.29, 0.717) is 13.1 Å². The average molecular weight is 501 g/mol. The third-order valence-corrected chi connectivity index (χ3v) is 9.00. The summed E-state index contributed by atoms with van der Waals surface area (Å²) in [5.41, 5.74) is 3.43. The number of piperidine rings is 1. The number of hydrogen-bond acceptors (Lipinski definition) is 6. The number of sulfonamides is 1. The highest BCUT2D eigenvalue weighted by molar-refractivity contribution is 7.89. The van der Waals surface area contributed by atoms with Gasteiger partial charge in [-0.1, -0.05) is 0 Å². The molecule has 1 amide bonds. The molecule has 5 heterocycles. The number of aryl methyl sites for hydroxylation is 1. The normalized spacial score (nSPS) is 18.7. The molecule has 0 radical (unpaired) electrons. The fraction of sp³-hybridized carbons (Fsp3) is 0.542. The molecular weight excluding hydrogens is 468 g/mol. The second-order valence-corrected chi connectivity index (χ2v) is 12.7. The molecule has 0 aliphatic carbocycles. The maximum absolute atomic E-state index is 13.2. The number of aromatic nitrogens is 4. The van der Waals surface area contributed by atoms with E-state index in [1.54, 1.807) is 29.8 Å². The van der Waals surface area contributed by atoms with Crippen LogP contribution in [-0.4, -0.2) is 80.5 Å². The molecule has 2 aliphatic heterocycles. The van der Waals surface area contributed by atoms with Crippen molar-refractivity contribution in [2.24, 2.45) is 7.05 Å². The highest BCUT2D eigenvalue weighted by atomic mass is 32.2. The lowest BCUT2D eigenvalue weighted by Gasteiger charge is -2.42. The molecular formula is C24H32N6O4S. The zero-order valence-electron chi connectivity index (χ0n) is 20.6. The number of likely N-dealkylation sites (tertiary alicyclic amines) is 1. The molecule has 0 saturated carbocycles. The van der Waals surface area contributed by atoms with Crippen molar-refractivity contribution >= 4 is 27.1 Å². The van der Waals surface area contributed by atoms with Gasteiger partial charge in [0.2, 0.25) is 10.0 Å². The fourth-order valence-corrected chi connectivity index (χ4v) is 6.70. The molecule has 1 N–H and O–H groups in total. The van der Waals surface area contributed by atoms with E-state index in [2.05, 4.69) is 21.1 Å². The predicted octanol–water partition coefficient (Wildman–Crippen LogP) is 3.09. The van der Waals surface area contributed by atoms with Crippen molar-refractivity contribution in [1.82, 2.24) is 29.0 Å². The number of rotatable bonds is 4. The second kappa shape index (κ2) is 8.63. The summed E-state index contributed by atoms with van der Waals surface area (Å²) in [6.07, 6.45) is 8.66. The Morgan fingerprint density at radius 1 is 1.14 bits per heavy atom. The number of fused-ring (bicyclic) bond motifs is 1. The average Bonchev–Trinajstić information content (AvgIpc) is 3.37. The summed E-state index contributed by atoms with van der Waals surface area (Å²) in [5, 5.41) is 4.76. The van der Waals surface area contributed by atoms with E-state index < -0.39 is 27.0 Å². The van der Waals surface area contributed by atoms with Gasteiger partial charge in [-0.3, -0.25) is 4.68 Å². The molecule has 0 spiro atoms. The van der Waals surface area contributed by atoms with E-state index in [9.17, 15) is 13.2 Å². The van der Waals surface area contributed by atoms with Crippen LogP contribution in [0.1, 0.15) is 45.1 Å². The Hall–Kier alpha value is -2.92. The van der Waals surface area contributed by atoms with Gasteiger partial charge >= 0.3 is 6.09 Å². The van der Waals surface area contributed by atoms with Crippen LogP contribution in [0.15, 0.2) is 30.9 Å². The number of nitrogens with one attached hydrogen (secondary N) is 1. The summed E-state index contributed by atoms with van der Waals surface area (Å²) in [6, 6.07) is 2.13. The van der Waals surface area contributed by atoms with Crippen molar-refractivity contribution < 1.29 is 17.9 Å². The van der Waals surface area contributed by atoms with Crippen molar-refractivity contribution in [1.29, 1.82) is 0 Å². The number of carbonyl (C=O) groups excluding carboxylic acids is 1. The van der Waals surface area contributed by atoms with Crippen LogP contribution >= 0.6 is 0 Å². The zero-order valence-corrected chi connectivity index (χ0v) is 21.4. The Bertz CT molecular complexity index is 1340. The first-order valence-electron chi connectivity index (χ1n) is 11.9. The highest BCUT2D eigenvalue weighted by Gasteiger charge is 2.44. The summed E-state index contributed by atoms with van der Waals surface area (Å²) >= 11 is 0. The highest BCUT2D eigenvalue weighted by Crippen LogP contribution is 2.36. The number of H-pyrrole nitrogens is 1. The SMILES string of the molecule is Cn1cc(-c2cnc3[nH]cc(C4CCN(S(=O)(=O)C5CN(C(=O)OC(C)(C)C)C5)CC4)c3c2)cn1. The number of ether oxygens (including phenoxy) is 1. The van der Waals surface area contributed by atoms with E-state index in [4.69, 9.17) is 4.74 Å². The van der Waals surface area contributed by atoms with Gasteiger partial charge in [0.25, 0.3) is 0 Å². The van der Waals surface area contributed by atoms with E-state index in [0.717, 1.165) is 35.0 Å². The van der Waals surface area contributed by atoms with Crippen molar-refractivity contribution in [3.63, 3.8) is 0 Å². The van der Waals surface area contributed by atoms with Gasteiger partial charge in [-0.2, -0.15) is 5.10 Å². The Labute approximate surface area is 205 Å². The topological polar surface area (TPSA) is 113 Å². The van der Waals surface area contributed by atoms with Crippen LogP contribution in [0.5, 0.6) is 0 Å². The van der Waals surface area contributed by atoms with E-state index in [-0.39, 0.29) is 19.0 Å². The Morgan fingerprint density at radius 2 is 1.86 bits per heavy atom. The van der Waals surface area contributed by atoms with Gasteiger partial charge in [0.05, 0.1) is 6.20 Å². The number of carbonyl (C=O) groups is 1. The summed E-state index contributed by atoms with van der Waals surface area (Å²) in [6.45, 7) is 6.70. The minimum Gasteiger partial charge on any atom is -0.444 e. The Balaban J connectivity index is 1.23. The zero-order chi connectivity index (χ0) is 25.0. The van der Waals surface area contributed by atoms with Crippen LogP contribution in [-0.2, 0) is 21.8 Å². The minimum absolute atomic E-state index is 0.183. The smallest absolute Gasteiger partial charge is 0.410 e. The summed E-state index contributed by atoms with van der Waals surface area (Å²) in [4.78, 5) is 21.5. The van der Waals surface area contributed by atoms with Gasteiger partial charge in [-0.05, 0) is 51.2 Å². The number of aromatic amines is 1. The van der Waals surface area contributed by atoms with Gasteiger partial charge in [0.1, 0.15) is 16.5 Å². The summed E-state index contributed by atoms with van der Waals surface area (Å²) in [5.74, 6) is 0.251. The first-order chi connectivity index (χ1) is 16.5. The number of nitrogens with zero attached hydrogens (tertiary/aromatic N) is 5. The lowest BCUT2D eigenvalue weighted by molar-refractivity contribution is 0.0135. The fourth-order valence-electron chi connectivity index (χ4n) is 4.82. The predicted molar refractivity (Wildman–Crippen MR) is 132 cm³/mol. The summed E-state index contributed by atoms with van der Waals surface area (Å²) < 4.78 is 35.0. The van der Waals surface area contributed by atoms with Crippen molar-refractivity contribution in [3.05, 3.63) is 36.4 Å². The minimum atomic E-state index is -3.46. The van der Waals surface area contributed by atoms with E-state index in [1.807, 2.05) is 31.8 Å². The Kier molecular flexibility index (Phi) is 5.87. The molecule has 0 unspecified atom stereocenters. The molecule has 0 atom stereocenters. The standard InChI is InChI=1S/C24H32N6O4S/c1-24(2,3)34-23(31)29-14-19(15-29)35(32,33)30-7-5-16(6-8-30)21-12-26-22-20(21)9-17(10-25-22)18-11-27-28(4)13-18/h9-13,16,19H,5-8,14-15H2,1-4H3,(H,25,26). The molecule has 0 aromatic carbocycles. The maximum atomic E-state index is 13.2. The number of amides is 1. The molecule has 5 rings (SSSR count). The van der Waals surface area contributed by atoms with Crippen molar-refractivity contribution in [2.45, 2.75) is 50.4 Å². The maximum Gasteiger partial charge on any atom is 0.410 e. The van der Waals surface area contributed by atoms with Crippen molar-refractivity contribution in [2.75, 3.05) is 26.2 Å². The number of pyridine rings is 1. The van der Waals surface area contributed by atoms with Crippen LogP contribution in [0.4, 0.5) is 4.79 Å². The van der Waals surface area contributed by atoms with E-state index in [1.165, 1.54) is 10.5 Å². The molecule has 2 saturated heterocycles. The van der Waals surface area contributed by atoms with Gasteiger partial charge < -0.3 is 14.6 Å². The van der Waals surface area contributed by atoms with Gasteiger partial charge in [-0.25, -0.2) is 22.5 Å². The van der Waals surface area contributed by atoms with Crippen LogP contribution in [0.2, 0.25) is 0 Å². The second-order valence-electron chi connectivity index (χ2n) is 10.5. The van der Waals surface area contributed by atoms with Crippen LogP contribution in [0.25, 0.3) is 22.2 Å². The molecule has 0 bridgehead atoms. The lowest BCUT2D eigenvalue weighted by Crippen LogP contribution is -2.61. The third kappa shape index (κ3) is 4.66. The van der Waals surface area contributed by atoms with Crippen LogP contribution in [0.3, 0.4) is 0 Å². The van der Waals surface area contributed by atoms with Crippen molar-refractivity contribution in [3.8, 4) is 11.1 Å². The molecule has 2 fully saturated rings. The summed E-state index contributed by atoms with van der Waals surface area (Å²) in [7, 11) is -1.57. The largest absolute Gasteiger partial charge is 0.444 e. The molecule has 11 heteroatoms. The molecule has 10 nitrogen and oxygen atoms in total. The first-order valence-corrected chi connectivity index (χ1v) is 13.4. The molecule has 3 aromatic heterocycles. The third-order valence-electron chi connectivity index (χ3n) is 6.78. The Morgan fingerprint density at radius 3 is 2.49 bits per heavy atom. The molecule has 3 aromatic rings. The monoisotopic (exact) mass is 500 g/mol. The first kappa shape index (κ1) is 23.8. The number of hydrogen-bond donors (Lipinski definition) is 1. The van der Waals surface area contributed by atoms with Gasteiger partial charge in [0.15, 0.2) is 0 Å². The molecule has 188 valence electrons. The molecule has 2 aliphatic rings. The van der Waals surface area contributed by atoms with E-state index >= 15 is 0 Å².